The van der Waals surface area contributed by atoms with Crippen LogP contribution in [0.3, 0.4) is 0 Å². The molecule has 0 amide bonds. The third kappa shape index (κ3) is 7.51. The Hall–Kier alpha value is -6.65. The van der Waals surface area contributed by atoms with Crippen LogP contribution >= 0.6 is 0 Å². The van der Waals surface area contributed by atoms with E-state index in [-0.39, 0.29) is 31.3 Å². The van der Waals surface area contributed by atoms with E-state index in [1.165, 1.54) is 0 Å². The number of aromatic amines is 1. The van der Waals surface area contributed by atoms with Gasteiger partial charge in [-0.15, -0.1) is 0 Å². The van der Waals surface area contributed by atoms with Crippen LogP contribution in [-0.2, 0) is 31.0 Å². The smallest absolute Gasteiger partial charge is 0.347 e. The molecule has 0 aliphatic heterocycles. The highest BCUT2D eigenvalue weighted by Crippen LogP contribution is 2.40. The Kier molecular flexibility index (Phi) is 9.84. The molecule has 250 valence electrons. The number of fused-ring (bicyclic) bond motifs is 1. The normalized spacial score (nSPS) is 10.8. The summed E-state index contributed by atoms with van der Waals surface area (Å²) in [6.07, 6.45) is 0.534. The van der Waals surface area contributed by atoms with Crippen molar-refractivity contribution in [3.05, 3.63) is 173 Å². The number of nitrogens with zero attached hydrogens (tertiary/aromatic N) is 2. The van der Waals surface area contributed by atoms with Gasteiger partial charge < -0.3 is 19.2 Å². The second-order valence-electron chi connectivity index (χ2n) is 12.1. The van der Waals surface area contributed by atoms with Gasteiger partial charge in [0.1, 0.15) is 25.6 Å². The molecule has 2 aromatic heterocycles. The average molecular weight is 670 g/mol. The van der Waals surface area contributed by atoms with Gasteiger partial charge in [0, 0.05) is 27.7 Å². The zero-order valence-corrected chi connectivity index (χ0v) is 28.1. The van der Waals surface area contributed by atoms with Crippen LogP contribution in [-0.4, -0.2) is 15.9 Å². The second kappa shape index (κ2) is 15.3. The molecule has 51 heavy (non-hydrogen) atoms. The highest BCUT2D eigenvalue weighted by molar-refractivity contribution is 5.97. The molecule has 0 radical (unpaired) electrons. The van der Waals surface area contributed by atoms with Gasteiger partial charge in [0.05, 0.1) is 17.3 Å². The summed E-state index contributed by atoms with van der Waals surface area (Å²) >= 11 is 0. The first-order valence-corrected chi connectivity index (χ1v) is 16.8. The van der Waals surface area contributed by atoms with Gasteiger partial charge in [-0.3, -0.25) is 0 Å². The van der Waals surface area contributed by atoms with Crippen molar-refractivity contribution < 1.29 is 19.0 Å². The molecule has 0 atom stereocenters. The van der Waals surface area contributed by atoms with E-state index in [1.807, 2.05) is 134 Å². The topological polar surface area (TPSA) is 97.2 Å². The zero-order chi connectivity index (χ0) is 35.0. The number of benzene rings is 5. The molecule has 0 aliphatic carbocycles. The van der Waals surface area contributed by atoms with E-state index in [0.29, 0.717) is 23.4 Å². The minimum absolute atomic E-state index is 0.0882. The second-order valence-corrected chi connectivity index (χ2v) is 12.1. The molecule has 5 aromatic carbocycles. The average Bonchev–Trinajstić information content (AvgIpc) is 3.63. The summed E-state index contributed by atoms with van der Waals surface area (Å²) in [7, 11) is 0. The molecular formula is C44H35N3O4. The fraction of sp³-hybridized carbons (Fsp3) is 0.114. The van der Waals surface area contributed by atoms with E-state index in [2.05, 4.69) is 23.2 Å². The van der Waals surface area contributed by atoms with E-state index in [0.717, 1.165) is 50.0 Å². The number of esters is 1. The maximum Gasteiger partial charge on any atom is 0.347 e. The fourth-order valence-corrected chi connectivity index (χ4v) is 6.00. The van der Waals surface area contributed by atoms with Gasteiger partial charge in [-0.2, -0.15) is 5.26 Å². The van der Waals surface area contributed by atoms with Gasteiger partial charge in [0.2, 0.25) is 5.88 Å². The highest BCUT2D eigenvalue weighted by Gasteiger charge is 2.29. The highest BCUT2D eigenvalue weighted by atomic mass is 16.5. The number of hydrogen-bond donors (Lipinski definition) is 1. The molecule has 7 nitrogen and oxygen atoms in total. The zero-order valence-electron chi connectivity index (χ0n) is 28.1. The number of H-pyrrole nitrogens is 1. The Bertz CT molecular complexity index is 2310. The standard InChI is InChI=1S/C44H35N3O4/c1-2-37-41(35-22-23-38-36(24-35)25-39(46-38)34-20-18-30(26-45)19-21-34)47-43(50-28-32-14-8-4-9-15-32)40(42(37)49-27-31-12-6-3-7-13-31)44(48)51-29-33-16-10-5-11-17-33/h3-25,46H,2,27-29H2,1H3. The fourth-order valence-electron chi connectivity index (χ4n) is 6.00. The monoisotopic (exact) mass is 669 g/mol. The Balaban J connectivity index is 1.34. The number of nitrogens with one attached hydrogen (secondary N) is 1. The first-order valence-electron chi connectivity index (χ1n) is 16.8. The van der Waals surface area contributed by atoms with Crippen LogP contribution in [0.15, 0.2) is 140 Å². The minimum Gasteiger partial charge on any atom is -0.487 e. The van der Waals surface area contributed by atoms with Crippen LogP contribution in [0.2, 0.25) is 0 Å². The molecule has 0 saturated heterocycles. The molecule has 0 aliphatic rings. The molecule has 2 heterocycles. The van der Waals surface area contributed by atoms with Crippen LogP contribution < -0.4 is 9.47 Å². The Morgan fingerprint density at radius 2 is 1.29 bits per heavy atom. The Labute approximate surface area is 296 Å². The predicted octanol–water partition coefficient (Wildman–Crippen LogP) is 9.85. The van der Waals surface area contributed by atoms with Crippen molar-refractivity contribution in [1.29, 1.82) is 5.26 Å². The van der Waals surface area contributed by atoms with Gasteiger partial charge in [-0.05, 0) is 59.0 Å². The van der Waals surface area contributed by atoms with Crippen molar-refractivity contribution in [2.24, 2.45) is 0 Å². The number of hydrogen-bond acceptors (Lipinski definition) is 6. The first kappa shape index (κ1) is 32.9. The molecule has 7 heteroatoms. The molecule has 0 unspecified atom stereocenters. The van der Waals surface area contributed by atoms with E-state index in [9.17, 15) is 10.1 Å². The van der Waals surface area contributed by atoms with Crippen molar-refractivity contribution in [1.82, 2.24) is 9.97 Å². The maximum atomic E-state index is 14.1. The number of carbonyl (C=O) groups is 1. The number of aromatic nitrogens is 2. The molecule has 1 N–H and O–H groups in total. The molecule has 7 rings (SSSR count). The molecule has 0 spiro atoms. The summed E-state index contributed by atoms with van der Waals surface area (Å²) in [6, 6.07) is 47.0. The van der Waals surface area contributed by atoms with Gasteiger partial charge in [-0.25, -0.2) is 9.78 Å². The summed E-state index contributed by atoms with van der Waals surface area (Å²) < 4.78 is 18.9. The lowest BCUT2D eigenvalue weighted by atomic mass is 9.99. The number of ether oxygens (including phenoxy) is 3. The number of rotatable bonds is 12. The van der Waals surface area contributed by atoms with E-state index >= 15 is 0 Å². The van der Waals surface area contributed by atoms with Crippen LogP contribution in [0.5, 0.6) is 11.6 Å². The molecule has 7 aromatic rings. The lowest BCUT2D eigenvalue weighted by Gasteiger charge is -2.21. The SMILES string of the molecule is CCc1c(-c2ccc3[nH]c(-c4ccc(C#N)cc4)cc3c2)nc(OCc2ccccc2)c(C(=O)OCc2ccccc2)c1OCc1ccccc1. The van der Waals surface area contributed by atoms with Crippen LogP contribution in [0.4, 0.5) is 0 Å². The minimum atomic E-state index is -0.577. The molecule has 0 fully saturated rings. The van der Waals surface area contributed by atoms with Crippen molar-refractivity contribution in [3.8, 4) is 40.2 Å². The Morgan fingerprint density at radius 1 is 0.706 bits per heavy atom. The lowest BCUT2D eigenvalue weighted by molar-refractivity contribution is 0.0460. The van der Waals surface area contributed by atoms with Gasteiger partial charge in [-0.1, -0.05) is 116 Å². The quantitative estimate of drug-likeness (QED) is 0.130. The first-order chi connectivity index (χ1) is 25.1. The van der Waals surface area contributed by atoms with Gasteiger partial charge in [0.15, 0.2) is 5.56 Å². The van der Waals surface area contributed by atoms with Crippen LogP contribution in [0.1, 0.15) is 45.1 Å². The summed E-state index contributed by atoms with van der Waals surface area (Å²) in [5.41, 5.74) is 8.67. The van der Waals surface area contributed by atoms with Gasteiger partial charge >= 0.3 is 5.97 Å². The van der Waals surface area contributed by atoms with Crippen molar-refractivity contribution in [3.63, 3.8) is 0 Å². The maximum absolute atomic E-state index is 14.1. The van der Waals surface area contributed by atoms with Crippen molar-refractivity contribution in [2.45, 2.75) is 33.2 Å². The third-order valence-corrected chi connectivity index (χ3v) is 8.65. The third-order valence-electron chi connectivity index (χ3n) is 8.65. The molecule has 0 bridgehead atoms. The summed E-state index contributed by atoms with van der Waals surface area (Å²) in [6.45, 7) is 2.54. The molecule has 0 saturated carbocycles. The van der Waals surface area contributed by atoms with E-state index in [4.69, 9.17) is 19.2 Å². The van der Waals surface area contributed by atoms with Crippen LogP contribution in [0, 0.1) is 11.3 Å². The van der Waals surface area contributed by atoms with E-state index in [1.54, 1.807) is 0 Å². The summed E-state index contributed by atoms with van der Waals surface area (Å²) in [5.74, 6) is -0.0496. The summed E-state index contributed by atoms with van der Waals surface area (Å²) in [4.78, 5) is 22.7. The number of nitriles is 1. The number of carbonyl (C=O) groups excluding carboxylic acids is 1. The van der Waals surface area contributed by atoms with Crippen molar-refractivity contribution >= 4 is 16.9 Å². The van der Waals surface area contributed by atoms with E-state index < -0.39 is 5.97 Å². The van der Waals surface area contributed by atoms with Gasteiger partial charge in [0.25, 0.3) is 0 Å². The lowest BCUT2D eigenvalue weighted by Crippen LogP contribution is -2.15. The van der Waals surface area contributed by atoms with Crippen molar-refractivity contribution in [2.75, 3.05) is 0 Å². The Morgan fingerprint density at radius 3 is 1.90 bits per heavy atom. The summed E-state index contributed by atoms with van der Waals surface area (Å²) in [5, 5.41) is 10.2. The predicted molar refractivity (Wildman–Crippen MR) is 198 cm³/mol. The van der Waals surface area contributed by atoms with Crippen LogP contribution in [0.25, 0.3) is 33.4 Å². The largest absolute Gasteiger partial charge is 0.487 e. The molecular weight excluding hydrogens is 635 g/mol. The number of pyridine rings is 1.